The molecule has 1 heterocycles. The van der Waals surface area contributed by atoms with E-state index in [2.05, 4.69) is 0 Å². The van der Waals surface area contributed by atoms with Gasteiger partial charge in [-0.2, -0.15) is 0 Å². The number of benzene rings is 2. The number of thiocarbonyl (C=S) groups is 1. The van der Waals surface area contributed by atoms with E-state index in [1.165, 1.54) is 17.8 Å². The Kier molecular flexibility index (Phi) is 5.31. The van der Waals surface area contributed by atoms with Crippen molar-refractivity contribution in [1.29, 1.82) is 0 Å². The average molecular weight is 369 g/mol. The molecule has 4 nitrogen and oxygen atoms in total. The summed E-state index contributed by atoms with van der Waals surface area (Å²) in [5, 5.41) is 9.26. The van der Waals surface area contributed by atoms with E-state index in [-0.39, 0.29) is 11.5 Å². The standard InChI is InChI=1S/C19H15NO3S2/c21-17-16(12-14-8-4-5-9-15(14)18(22)23)25-19(24)20(17)11-10-13-6-2-1-3-7-13/h1-9,12H,10-11H2,(H,22,23)/b16-12+. The van der Waals surface area contributed by atoms with Crippen LogP contribution in [0.4, 0.5) is 0 Å². The SMILES string of the molecule is O=C(O)c1ccccc1/C=C1/SC(=S)N(CCc2ccccc2)C1=O. The van der Waals surface area contributed by atoms with Crippen LogP contribution in [0.15, 0.2) is 59.5 Å². The molecule has 0 radical (unpaired) electrons. The molecule has 3 rings (SSSR count). The Morgan fingerprint density at radius 3 is 2.52 bits per heavy atom. The van der Waals surface area contributed by atoms with Crippen LogP contribution in [0.1, 0.15) is 21.5 Å². The summed E-state index contributed by atoms with van der Waals surface area (Å²) in [5.41, 5.74) is 1.80. The Bertz CT molecular complexity index is 862. The zero-order valence-electron chi connectivity index (χ0n) is 13.2. The fraction of sp³-hybridized carbons (Fsp3) is 0.105. The molecule has 1 aliphatic heterocycles. The number of thioether (sulfide) groups is 1. The van der Waals surface area contributed by atoms with Crippen LogP contribution in [-0.2, 0) is 11.2 Å². The zero-order valence-corrected chi connectivity index (χ0v) is 14.8. The molecule has 2 aromatic carbocycles. The third kappa shape index (κ3) is 3.97. The highest BCUT2D eigenvalue weighted by Crippen LogP contribution is 2.33. The van der Waals surface area contributed by atoms with E-state index >= 15 is 0 Å². The van der Waals surface area contributed by atoms with Crippen LogP contribution >= 0.6 is 24.0 Å². The maximum Gasteiger partial charge on any atom is 0.336 e. The number of aromatic carboxylic acids is 1. The summed E-state index contributed by atoms with van der Waals surface area (Å²) in [4.78, 5) is 26.0. The summed E-state index contributed by atoms with van der Waals surface area (Å²) < 4.78 is 0.500. The minimum Gasteiger partial charge on any atom is -0.478 e. The Morgan fingerprint density at radius 1 is 1.12 bits per heavy atom. The summed E-state index contributed by atoms with van der Waals surface area (Å²) in [7, 11) is 0. The molecule has 0 atom stereocenters. The van der Waals surface area contributed by atoms with Crippen LogP contribution in [-0.4, -0.2) is 32.7 Å². The third-order valence-electron chi connectivity index (χ3n) is 3.82. The number of amides is 1. The van der Waals surface area contributed by atoms with Crippen LogP contribution < -0.4 is 0 Å². The molecule has 1 fully saturated rings. The largest absolute Gasteiger partial charge is 0.478 e. The van der Waals surface area contributed by atoms with Gasteiger partial charge in [-0.25, -0.2) is 4.79 Å². The molecule has 126 valence electrons. The van der Waals surface area contributed by atoms with E-state index in [0.717, 1.165) is 5.56 Å². The molecule has 0 aromatic heterocycles. The van der Waals surface area contributed by atoms with Gasteiger partial charge in [0.25, 0.3) is 5.91 Å². The van der Waals surface area contributed by atoms with Gasteiger partial charge >= 0.3 is 5.97 Å². The zero-order chi connectivity index (χ0) is 17.8. The number of rotatable bonds is 5. The van der Waals surface area contributed by atoms with Crippen molar-refractivity contribution < 1.29 is 14.7 Å². The number of carboxylic acid groups (broad SMARTS) is 1. The fourth-order valence-corrected chi connectivity index (χ4v) is 3.84. The summed E-state index contributed by atoms with van der Waals surface area (Å²) in [6.07, 6.45) is 2.32. The van der Waals surface area contributed by atoms with E-state index in [9.17, 15) is 14.7 Å². The van der Waals surface area contributed by atoms with E-state index < -0.39 is 5.97 Å². The molecule has 1 saturated heterocycles. The predicted molar refractivity (Wildman–Crippen MR) is 103 cm³/mol. The molecule has 0 unspecified atom stereocenters. The number of nitrogens with zero attached hydrogens (tertiary/aromatic N) is 1. The van der Waals surface area contributed by atoms with Crippen molar-refractivity contribution >= 4 is 46.3 Å². The molecule has 1 N–H and O–H groups in total. The van der Waals surface area contributed by atoms with Crippen LogP contribution in [0.25, 0.3) is 6.08 Å². The minimum absolute atomic E-state index is 0.164. The maximum absolute atomic E-state index is 12.6. The highest BCUT2D eigenvalue weighted by molar-refractivity contribution is 8.26. The molecule has 2 aromatic rings. The van der Waals surface area contributed by atoms with Crippen molar-refractivity contribution in [2.24, 2.45) is 0 Å². The van der Waals surface area contributed by atoms with Crippen LogP contribution in [0.3, 0.4) is 0 Å². The van der Waals surface area contributed by atoms with Gasteiger partial charge in [-0.3, -0.25) is 9.69 Å². The molecule has 0 bridgehead atoms. The van der Waals surface area contributed by atoms with Crippen LogP contribution in [0.5, 0.6) is 0 Å². The number of hydrogen-bond donors (Lipinski definition) is 1. The van der Waals surface area contributed by atoms with Crippen LogP contribution in [0.2, 0.25) is 0 Å². The van der Waals surface area contributed by atoms with Gasteiger partial charge in [-0.05, 0) is 29.7 Å². The lowest BCUT2D eigenvalue weighted by molar-refractivity contribution is -0.122. The predicted octanol–water partition coefficient (Wildman–Crippen LogP) is 3.83. The van der Waals surface area contributed by atoms with Crippen molar-refractivity contribution in [2.75, 3.05) is 6.54 Å². The second-order valence-electron chi connectivity index (χ2n) is 5.46. The van der Waals surface area contributed by atoms with Crippen molar-refractivity contribution in [3.8, 4) is 0 Å². The van der Waals surface area contributed by atoms with Gasteiger partial charge in [0, 0.05) is 6.54 Å². The number of carbonyl (C=O) groups is 2. The Labute approximate surface area is 155 Å². The molecule has 1 aliphatic rings. The number of carbonyl (C=O) groups excluding carboxylic acids is 1. The first kappa shape index (κ1) is 17.4. The summed E-state index contributed by atoms with van der Waals surface area (Å²) in [6, 6.07) is 16.5. The average Bonchev–Trinajstić information content (AvgIpc) is 2.88. The quantitative estimate of drug-likeness (QED) is 0.641. The molecule has 25 heavy (non-hydrogen) atoms. The number of carboxylic acids is 1. The maximum atomic E-state index is 12.6. The van der Waals surface area contributed by atoms with Gasteiger partial charge in [0.15, 0.2) is 0 Å². The molecule has 0 spiro atoms. The van der Waals surface area contributed by atoms with Crippen molar-refractivity contribution in [2.45, 2.75) is 6.42 Å². The Hall–Kier alpha value is -2.44. The first-order valence-electron chi connectivity index (χ1n) is 7.68. The van der Waals surface area contributed by atoms with Crippen molar-refractivity contribution in [3.63, 3.8) is 0 Å². The monoisotopic (exact) mass is 369 g/mol. The highest BCUT2D eigenvalue weighted by Gasteiger charge is 2.31. The topological polar surface area (TPSA) is 57.6 Å². The Balaban J connectivity index is 1.78. The smallest absolute Gasteiger partial charge is 0.336 e. The summed E-state index contributed by atoms with van der Waals surface area (Å²) >= 11 is 6.53. The molecular weight excluding hydrogens is 354 g/mol. The first-order valence-corrected chi connectivity index (χ1v) is 8.90. The van der Waals surface area contributed by atoms with Gasteiger partial charge < -0.3 is 5.11 Å². The molecule has 0 aliphatic carbocycles. The van der Waals surface area contributed by atoms with E-state index in [1.807, 2.05) is 30.3 Å². The van der Waals surface area contributed by atoms with E-state index in [1.54, 1.807) is 29.2 Å². The Morgan fingerprint density at radius 2 is 1.80 bits per heavy atom. The van der Waals surface area contributed by atoms with Gasteiger partial charge in [0.2, 0.25) is 0 Å². The van der Waals surface area contributed by atoms with Gasteiger partial charge in [0.05, 0.1) is 10.5 Å². The second-order valence-corrected chi connectivity index (χ2v) is 7.14. The lowest BCUT2D eigenvalue weighted by Gasteiger charge is -2.14. The lowest BCUT2D eigenvalue weighted by atomic mass is 10.1. The second kappa shape index (κ2) is 7.63. The van der Waals surface area contributed by atoms with Gasteiger partial charge in [0.1, 0.15) is 4.32 Å². The van der Waals surface area contributed by atoms with Gasteiger partial charge in [-0.15, -0.1) is 0 Å². The summed E-state index contributed by atoms with van der Waals surface area (Å²) in [5.74, 6) is -1.20. The molecular formula is C19H15NO3S2. The van der Waals surface area contributed by atoms with Crippen LogP contribution in [0, 0.1) is 0 Å². The number of hydrogen-bond acceptors (Lipinski definition) is 4. The van der Waals surface area contributed by atoms with Crippen molar-refractivity contribution in [1.82, 2.24) is 4.90 Å². The molecule has 6 heteroatoms. The lowest BCUT2D eigenvalue weighted by Crippen LogP contribution is -2.30. The third-order valence-corrected chi connectivity index (χ3v) is 5.20. The first-order chi connectivity index (χ1) is 12.1. The fourth-order valence-electron chi connectivity index (χ4n) is 2.54. The van der Waals surface area contributed by atoms with E-state index in [4.69, 9.17) is 12.2 Å². The normalized spacial score (nSPS) is 15.8. The molecule has 0 saturated carbocycles. The molecule has 1 amide bonds. The minimum atomic E-state index is -1.02. The van der Waals surface area contributed by atoms with Crippen molar-refractivity contribution in [3.05, 3.63) is 76.2 Å². The summed E-state index contributed by atoms with van der Waals surface area (Å²) in [6.45, 7) is 0.507. The van der Waals surface area contributed by atoms with Gasteiger partial charge in [-0.1, -0.05) is 72.5 Å². The van der Waals surface area contributed by atoms with E-state index in [0.29, 0.717) is 27.8 Å². The highest BCUT2D eigenvalue weighted by atomic mass is 32.2.